The molecule has 0 fully saturated rings. The largest absolute Gasteiger partial charge is 0.478 e. The van der Waals surface area contributed by atoms with E-state index in [1.807, 2.05) is 6.92 Å². The number of hydrogen-bond donors (Lipinski definition) is 2. The zero-order valence-corrected chi connectivity index (χ0v) is 11.2. The Hall–Kier alpha value is -1.61. The van der Waals surface area contributed by atoms with Gasteiger partial charge in [0.1, 0.15) is 0 Å². The lowest BCUT2D eigenvalue weighted by Gasteiger charge is -2.13. The lowest BCUT2D eigenvalue weighted by atomic mass is 10.1. The summed E-state index contributed by atoms with van der Waals surface area (Å²) in [5.74, 6) is -0.831. The highest BCUT2D eigenvalue weighted by Gasteiger charge is 2.05. The third-order valence-corrected chi connectivity index (χ3v) is 3.01. The number of rotatable bonds is 6. The van der Waals surface area contributed by atoms with Gasteiger partial charge in [-0.1, -0.05) is 42.8 Å². The van der Waals surface area contributed by atoms with E-state index in [-0.39, 0.29) is 6.04 Å². The predicted molar refractivity (Wildman–Crippen MR) is 73.6 cm³/mol. The van der Waals surface area contributed by atoms with Crippen molar-refractivity contribution in [2.75, 3.05) is 6.54 Å². The van der Waals surface area contributed by atoms with Crippen LogP contribution in [0.1, 0.15) is 37.4 Å². The average Bonchev–Trinajstić information content (AvgIpc) is 2.34. The Morgan fingerprint density at radius 3 is 2.50 bits per heavy atom. The van der Waals surface area contributed by atoms with Gasteiger partial charge in [-0.05, 0) is 25.8 Å². The number of carbonyl (C=O) groups is 1. The second-order valence-electron chi connectivity index (χ2n) is 4.43. The number of benzene rings is 1. The van der Waals surface area contributed by atoms with E-state index in [1.165, 1.54) is 11.1 Å². The van der Waals surface area contributed by atoms with Gasteiger partial charge in [0.2, 0.25) is 0 Å². The predicted octanol–water partition coefficient (Wildman–Crippen LogP) is 3.07. The minimum atomic E-state index is -0.831. The van der Waals surface area contributed by atoms with E-state index in [0.717, 1.165) is 0 Å². The molecule has 0 heterocycles. The van der Waals surface area contributed by atoms with Crippen LogP contribution in [0.15, 0.2) is 35.9 Å². The van der Waals surface area contributed by atoms with Crippen molar-refractivity contribution in [2.24, 2.45) is 0 Å². The second-order valence-corrected chi connectivity index (χ2v) is 4.43. The van der Waals surface area contributed by atoms with Gasteiger partial charge in [-0.25, -0.2) is 4.79 Å². The second kappa shape index (κ2) is 6.97. The number of hydrogen-bond acceptors (Lipinski definition) is 2. The van der Waals surface area contributed by atoms with Gasteiger partial charge in [-0.2, -0.15) is 0 Å². The fourth-order valence-corrected chi connectivity index (χ4v) is 1.71. The molecule has 1 aromatic rings. The molecule has 0 aliphatic heterocycles. The highest BCUT2D eigenvalue weighted by atomic mass is 16.4. The summed E-state index contributed by atoms with van der Waals surface area (Å²) in [5.41, 5.74) is 2.91. The number of aryl methyl sites for hydroxylation is 1. The Kier molecular flexibility index (Phi) is 5.59. The summed E-state index contributed by atoms with van der Waals surface area (Å²) < 4.78 is 0. The molecule has 18 heavy (non-hydrogen) atoms. The molecule has 0 amide bonds. The van der Waals surface area contributed by atoms with Crippen LogP contribution in [0, 0.1) is 6.92 Å². The lowest BCUT2D eigenvalue weighted by Crippen LogP contribution is -2.19. The van der Waals surface area contributed by atoms with Crippen molar-refractivity contribution in [2.45, 2.75) is 33.2 Å². The third kappa shape index (κ3) is 4.34. The highest BCUT2D eigenvalue weighted by molar-refractivity contribution is 5.86. The van der Waals surface area contributed by atoms with Crippen molar-refractivity contribution >= 4 is 5.97 Å². The van der Waals surface area contributed by atoms with Gasteiger partial charge < -0.3 is 10.4 Å². The highest BCUT2D eigenvalue weighted by Crippen LogP contribution is 2.12. The normalized spacial score (nSPS) is 13.4. The minimum absolute atomic E-state index is 0.216. The Morgan fingerprint density at radius 1 is 1.39 bits per heavy atom. The first-order valence-corrected chi connectivity index (χ1v) is 6.26. The first-order valence-electron chi connectivity index (χ1n) is 6.26. The molecular weight excluding hydrogens is 226 g/mol. The van der Waals surface area contributed by atoms with Crippen LogP contribution >= 0.6 is 0 Å². The molecule has 0 spiro atoms. The summed E-state index contributed by atoms with van der Waals surface area (Å²) >= 11 is 0. The molecule has 0 bridgehead atoms. The van der Waals surface area contributed by atoms with Gasteiger partial charge in [0, 0.05) is 18.2 Å². The molecule has 3 heteroatoms. The zero-order chi connectivity index (χ0) is 13.5. The van der Waals surface area contributed by atoms with Crippen molar-refractivity contribution in [1.82, 2.24) is 5.32 Å². The van der Waals surface area contributed by atoms with Gasteiger partial charge in [-0.3, -0.25) is 0 Å². The van der Waals surface area contributed by atoms with E-state index in [0.29, 0.717) is 18.5 Å². The van der Waals surface area contributed by atoms with Crippen molar-refractivity contribution in [3.05, 3.63) is 47.0 Å². The van der Waals surface area contributed by atoms with Gasteiger partial charge in [0.25, 0.3) is 0 Å². The van der Waals surface area contributed by atoms with E-state index in [2.05, 4.69) is 43.4 Å². The van der Waals surface area contributed by atoms with E-state index < -0.39 is 5.97 Å². The van der Waals surface area contributed by atoms with Crippen LogP contribution in [0.4, 0.5) is 0 Å². The summed E-state index contributed by atoms with van der Waals surface area (Å²) in [4.78, 5) is 10.8. The number of carboxylic acids is 1. The SMILES string of the molecule is CC/C(=C/CN[C@@H](C)c1ccc(C)cc1)C(=O)O. The maximum atomic E-state index is 10.8. The van der Waals surface area contributed by atoms with Crippen molar-refractivity contribution in [3.63, 3.8) is 0 Å². The van der Waals surface area contributed by atoms with E-state index in [4.69, 9.17) is 5.11 Å². The fourth-order valence-electron chi connectivity index (χ4n) is 1.71. The summed E-state index contributed by atoms with van der Waals surface area (Å²) in [6.07, 6.45) is 2.29. The molecule has 1 atom stereocenters. The Labute approximate surface area is 109 Å². The van der Waals surface area contributed by atoms with Crippen LogP contribution in [0.2, 0.25) is 0 Å². The smallest absolute Gasteiger partial charge is 0.331 e. The molecule has 0 unspecified atom stereocenters. The lowest BCUT2D eigenvalue weighted by molar-refractivity contribution is -0.132. The molecule has 0 saturated carbocycles. The summed E-state index contributed by atoms with van der Waals surface area (Å²) in [7, 11) is 0. The molecule has 3 nitrogen and oxygen atoms in total. The average molecular weight is 247 g/mol. The van der Waals surface area contributed by atoms with Crippen LogP contribution in [-0.4, -0.2) is 17.6 Å². The van der Waals surface area contributed by atoms with Gasteiger partial charge in [0.15, 0.2) is 0 Å². The molecule has 0 saturated heterocycles. The molecule has 0 aliphatic carbocycles. The zero-order valence-electron chi connectivity index (χ0n) is 11.2. The molecular formula is C15H21NO2. The van der Waals surface area contributed by atoms with Crippen LogP contribution in [0.5, 0.6) is 0 Å². The monoisotopic (exact) mass is 247 g/mol. The van der Waals surface area contributed by atoms with Gasteiger partial charge >= 0.3 is 5.97 Å². The standard InChI is InChI=1S/C15H21NO2/c1-4-13(15(17)18)9-10-16-12(3)14-7-5-11(2)6-8-14/h5-9,12,16H,4,10H2,1-3H3,(H,17,18)/b13-9-/t12-/m0/s1. The molecule has 98 valence electrons. The number of nitrogens with one attached hydrogen (secondary N) is 1. The van der Waals surface area contributed by atoms with Crippen LogP contribution < -0.4 is 5.32 Å². The van der Waals surface area contributed by atoms with Gasteiger partial charge in [-0.15, -0.1) is 0 Å². The first kappa shape index (κ1) is 14.5. The quantitative estimate of drug-likeness (QED) is 0.759. The Morgan fingerprint density at radius 2 is 2.00 bits per heavy atom. The maximum absolute atomic E-state index is 10.8. The summed E-state index contributed by atoms with van der Waals surface area (Å²) in [6.45, 7) is 6.56. The topological polar surface area (TPSA) is 49.3 Å². The molecule has 2 N–H and O–H groups in total. The third-order valence-electron chi connectivity index (χ3n) is 3.01. The van der Waals surface area contributed by atoms with Crippen LogP contribution in [0.25, 0.3) is 0 Å². The van der Waals surface area contributed by atoms with Crippen LogP contribution in [0.3, 0.4) is 0 Å². The molecule has 0 radical (unpaired) electrons. The van der Waals surface area contributed by atoms with E-state index >= 15 is 0 Å². The minimum Gasteiger partial charge on any atom is -0.478 e. The fraction of sp³-hybridized carbons (Fsp3) is 0.400. The van der Waals surface area contributed by atoms with E-state index in [9.17, 15) is 4.79 Å². The molecule has 0 aromatic heterocycles. The molecule has 1 rings (SSSR count). The summed E-state index contributed by atoms with van der Waals surface area (Å²) in [6, 6.07) is 8.56. The molecule has 1 aromatic carbocycles. The van der Waals surface area contributed by atoms with E-state index in [1.54, 1.807) is 6.08 Å². The Balaban J connectivity index is 2.53. The van der Waals surface area contributed by atoms with Crippen molar-refractivity contribution in [1.29, 1.82) is 0 Å². The maximum Gasteiger partial charge on any atom is 0.331 e. The van der Waals surface area contributed by atoms with Crippen LogP contribution in [-0.2, 0) is 4.79 Å². The number of aliphatic carboxylic acids is 1. The first-order chi connectivity index (χ1) is 8.54. The van der Waals surface area contributed by atoms with Gasteiger partial charge in [0.05, 0.1) is 0 Å². The Bertz CT molecular complexity index is 421. The summed E-state index contributed by atoms with van der Waals surface area (Å²) in [5, 5.41) is 12.2. The molecule has 0 aliphatic rings. The van der Waals surface area contributed by atoms with Crippen molar-refractivity contribution < 1.29 is 9.90 Å². The number of carboxylic acid groups (broad SMARTS) is 1. The van der Waals surface area contributed by atoms with Crippen molar-refractivity contribution in [3.8, 4) is 0 Å².